The second-order valence-corrected chi connectivity index (χ2v) is 5.25. The number of carbonyl (C=O) groups is 1. The van der Waals surface area contributed by atoms with E-state index in [0.29, 0.717) is 22.0 Å². The molecule has 0 saturated heterocycles. The smallest absolute Gasteiger partial charge is 0.306 e. The first kappa shape index (κ1) is 13.7. The number of carbonyl (C=O) groups excluding carboxylic acids is 1. The van der Waals surface area contributed by atoms with Crippen molar-refractivity contribution in [2.24, 2.45) is 0 Å². The van der Waals surface area contributed by atoms with E-state index >= 15 is 0 Å². The third-order valence-corrected chi connectivity index (χ3v) is 3.33. The van der Waals surface area contributed by atoms with E-state index in [1.165, 1.54) is 0 Å². The van der Waals surface area contributed by atoms with Crippen LogP contribution in [0.5, 0.6) is 0 Å². The van der Waals surface area contributed by atoms with Crippen LogP contribution >= 0.6 is 23.2 Å². The highest BCUT2D eigenvalue weighted by molar-refractivity contribution is 6.35. The van der Waals surface area contributed by atoms with E-state index in [9.17, 15) is 9.90 Å². The molecule has 2 rings (SSSR count). The van der Waals surface area contributed by atoms with Crippen LogP contribution in [-0.2, 0) is 9.53 Å². The van der Waals surface area contributed by atoms with Crippen LogP contribution in [0, 0.1) is 0 Å². The summed E-state index contributed by atoms with van der Waals surface area (Å²) < 4.78 is 5.09. The summed E-state index contributed by atoms with van der Waals surface area (Å²) in [4.78, 5) is 11.4. The normalized spacial score (nSPS) is 16.4. The summed E-state index contributed by atoms with van der Waals surface area (Å²) in [6.45, 7) is 0. The molecule has 1 aromatic carbocycles. The lowest BCUT2D eigenvalue weighted by molar-refractivity contribution is -0.145. The Labute approximate surface area is 116 Å². The fourth-order valence-corrected chi connectivity index (χ4v) is 2.15. The summed E-state index contributed by atoms with van der Waals surface area (Å²) in [5.41, 5.74) is 0.584. The van der Waals surface area contributed by atoms with E-state index in [-0.39, 0.29) is 18.5 Å². The van der Waals surface area contributed by atoms with Gasteiger partial charge in [-0.25, -0.2) is 0 Å². The number of hydrogen-bond donors (Lipinski definition) is 1. The van der Waals surface area contributed by atoms with Gasteiger partial charge in [0.15, 0.2) is 0 Å². The van der Waals surface area contributed by atoms with Crippen LogP contribution in [0.3, 0.4) is 0 Å². The molecule has 98 valence electrons. The number of esters is 1. The number of benzene rings is 1. The lowest BCUT2D eigenvalue weighted by Crippen LogP contribution is -2.08. The summed E-state index contributed by atoms with van der Waals surface area (Å²) in [5.74, 6) is -0.262. The number of halogens is 2. The summed E-state index contributed by atoms with van der Waals surface area (Å²) in [6, 6.07) is 4.90. The Morgan fingerprint density at radius 3 is 2.78 bits per heavy atom. The van der Waals surface area contributed by atoms with E-state index < -0.39 is 6.10 Å². The Balaban J connectivity index is 1.86. The van der Waals surface area contributed by atoms with E-state index in [1.807, 2.05) is 0 Å². The Morgan fingerprint density at radius 2 is 2.17 bits per heavy atom. The van der Waals surface area contributed by atoms with E-state index in [2.05, 4.69) is 0 Å². The minimum atomic E-state index is -0.776. The molecule has 18 heavy (non-hydrogen) atoms. The van der Waals surface area contributed by atoms with E-state index in [4.69, 9.17) is 27.9 Å². The first-order valence-corrected chi connectivity index (χ1v) is 6.64. The maximum absolute atomic E-state index is 11.4. The number of ether oxygens (including phenoxy) is 1. The van der Waals surface area contributed by atoms with Crippen LogP contribution in [0.4, 0.5) is 0 Å². The van der Waals surface area contributed by atoms with Gasteiger partial charge in [0.1, 0.15) is 6.10 Å². The number of aliphatic hydroxyl groups excluding tert-OH is 1. The molecule has 1 fully saturated rings. The standard InChI is InChI=1S/C13H14Cl2O3/c14-8-1-4-10(11(15)7-8)12(16)5-6-13(17)18-9-2-3-9/h1,4,7,9,12,16H,2-3,5-6H2. The quantitative estimate of drug-likeness (QED) is 0.844. The van der Waals surface area contributed by atoms with Gasteiger partial charge in [-0.1, -0.05) is 29.3 Å². The first-order chi connectivity index (χ1) is 8.56. The number of aliphatic hydroxyl groups is 1. The molecule has 1 aliphatic rings. The molecule has 1 atom stereocenters. The Hall–Kier alpha value is -0.770. The zero-order valence-corrected chi connectivity index (χ0v) is 11.2. The van der Waals surface area contributed by atoms with Gasteiger partial charge in [-0.15, -0.1) is 0 Å². The second kappa shape index (κ2) is 5.91. The molecule has 1 aromatic rings. The maximum atomic E-state index is 11.4. The molecule has 1 aliphatic carbocycles. The largest absolute Gasteiger partial charge is 0.462 e. The summed E-state index contributed by atoms with van der Waals surface area (Å²) in [6.07, 6.45) is 1.73. The lowest BCUT2D eigenvalue weighted by atomic mass is 10.1. The average Bonchev–Trinajstić information content (AvgIpc) is 3.10. The van der Waals surface area contributed by atoms with Crippen LogP contribution < -0.4 is 0 Å². The van der Waals surface area contributed by atoms with Crippen LogP contribution in [-0.4, -0.2) is 17.2 Å². The van der Waals surface area contributed by atoms with Crippen molar-refractivity contribution in [2.75, 3.05) is 0 Å². The van der Waals surface area contributed by atoms with Crippen molar-refractivity contribution in [3.8, 4) is 0 Å². The van der Waals surface area contributed by atoms with Gasteiger partial charge in [0.25, 0.3) is 0 Å². The maximum Gasteiger partial charge on any atom is 0.306 e. The molecule has 1 N–H and O–H groups in total. The van der Waals surface area contributed by atoms with Crippen molar-refractivity contribution in [2.45, 2.75) is 37.9 Å². The van der Waals surface area contributed by atoms with Gasteiger partial charge in [-0.05, 0) is 37.0 Å². The van der Waals surface area contributed by atoms with Crippen molar-refractivity contribution in [3.05, 3.63) is 33.8 Å². The average molecular weight is 289 g/mol. The zero-order valence-electron chi connectivity index (χ0n) is 9.73. The highest BCUT2D eigenvalue weighted by atomic mass is 35.5. The molecule has 0 bridgehead atoms. The zero-order chi connectivity index (χ0) is 13.1. The molecule has 3 nitrogen and oxygen atoms in total. The van der Waals surface area contributed by atoms with Crippen LogP contribution in [0.25, 0.3) is 0 Å². The Bertz CT molecular complexity index is 444. The molecule has 0 radical (unpaired) electrons. The predicted molar refractivity (Wildman–Crippen MR) is 69.8 cm³/mol. The van der Waals surface area contributed by atoms with E-state index in [1.54, 1.807) is 18.2 Å². The Morgan fingerprint density at radius 1 is 1.44 bits per heavy atom. The van der Waals surface area contributed by atoms with Gasteiger partial charge in [0.2, 0.25) is 0 Å². The molecule has 1 unspecified atom stereocenters. The van der Waals surface area contributed by atoms with Crippen LogP contribution in [0.1, 0.15) is 37.4 Å². The monoisotopic (exact) mass is 288 g/mol. The molecule has 0 heterocycles. The van der Waals surface area contributed by atoms with Crippen molar-refractivity contribution in [1.82, 2.24) is 0 Å². The minimum absolute atomic E-state index is 0.105. The van der Waals surface area contributed by atoms with Gasteiger partial charge >= 0.3 is 5.97 Å². The summed E-state index contributed by atoms with van der Waals surface area (Å²) in [5, 5.41) is 10.9. The number of hydrogen-bond acceptors (Lipinski definition) is 3. The molecule has 0 spiro atoms. The molecule has 0 aromatic heterocycles. The molecule has 1 saturated carbocycles. The predicted octanol–water partition coefficient (Wildman–Crippen LogP) is 3.51. The van der Waals surface area contributed by atoms with Gasteiger partial charge in [-0.2, -0.15) is 0 Å². The van der Waals surface area contributed by atoms with Crippen molar-refractivity contribution < 1.29 is 14.6 Å². The topological polar surface area (TPSA) is 46.5 Å². The first-order valence-electron chi connectivity index (χ1n) is 5.89. The Kier molecular flexibility index (Phi) is 4.49. The SMILES string of the molecule is O=C(CCC(O)c1ccc(Cl)cc1Cl)OC1CC1. The molecule has 0 aliphatic heterocycles. The molecular formula is C13H14Cl2O3. The van der Waals surface area contributed by atoms with Crippen LogP contribution in [0.15, 0.2) is 18.2 Å². The van der Waals surface area contributed by atoms with Gasteiger partial charge < -0.3 is 9.84 Å². The van der Waals surface area contributed by atoms with Gasteiger partial charge in [0, 0.05) is 16.5 Å². The third kappa shape index (κ3) is 3.87. The molecule has 0 amide bonds. The van der Waals surface area contributed by atoms with Crippen LogP contribution in [0.2, 0.25) is 10.0 Å². The highest BCUT2D eigenvalue weighted by Gasteiger charge is 2.26. The molecule has 5 heteroatoms. The summed E-state index contributed by atoms with van der Waals surface area (Å²) >= 11 is 11.7. The van der Waals surface area contributed by atoms with Crippen molar-refractivity contribution >= 4 is 29.2 Å². The minimum Gasteiger partial charge on any atom is -0.462 e. The van der Waals surface area contributed by atoms with Gasteiger partial charge in [-0.3, -0.25) is 4.79 Å². The van der Waals surface area contributed by atoms with Crippen molar-refractivity contribution in [1.29, 1.82) is 0 Å². The third-order valence-electron chi connectivity index (χ3n) is 2.77. The lowest BCUT2D eigenvalue weighted by Gasteiger charge is -2.12. The number of rotatable bonds is 5. The van der Waals surface area contributed by atoms with Gasteiger partial charge in [0.05, 0.1) is 6.10 Å². The van der Waals surface area contributed by atoms with E-state index in [0.717, 1.165) is 12.8 Å². The molecular weight excluding hydrogens is 275 g/mol. The second-order valence-electron chi connectivity index (χ2n) is 4.41. The summed E-state index contributed by atoms with van der Waals surface area (Å²) in [7, 11) is 0. The van der Waals surface area contributed by atoms with Crippen molar-refractivity contribution in [3.63, 3.8) is 0 Å². The fraction of sp³-hybridized carbons (Fsp3) is 0.462. The highest BCUT2D eigenvalue weighted by Crippen LogP contribution is 2.29. The fourth-order valence-electron chi connectivity index (χ4n) is 1.61.